The van der Waals surface area contributed by atoms with Crippen molar-refractivity contribution in [1.29, 1.82) is 0 Å². The fourth-order valence-electron chi connectivity index (χ4n) is 4.94. The Hall–Kier alpha value is -4.50. The summed E-state index contributed by atoms with van der Waals surface area (Å²) < 4.78 is 0. The molecule has 0 aliphatic heterocycles. The van der Waals surface area contributed by atoms with Gasteiger partial charge in [-0.15, -0.1) is 0 Å². The molecule has 0 saturated carbocycles. The van der Waals surface area contributed by atoms with E-state index >= 15 is 0 Å². The van der Waals surface area contributed by atoms with Gasteiger partial charge in [-0.2, -0.15) is 0 Å². The van der Waals surface area contributed by atoms with Crippen LogP contribution in [0.1, 0.15) is 44.9 Å². The molecule has 0 saturated heterocycles. The lowest BCUT2D eigenvalue weighted by atomic mass is 9.84. The van der Waals surface area contributed by atoms with Gasteiger partial charge in [0.05, 0.1) is 0 Å². The average molecular weight is 500 g/mol. The van der Waals surface area contributed by atoms with Crippen LogP contribution in [0.25, 0.3) is 0 Å². The van der Waals surface area contributed by atoms with Crippen LogP contribution in [-0.2, 0) is 0 Å². The van der Waals surface area contributed by atoms with Crippen molar-refractivity contribution >= 4 is 17.1 Å². The van der Waals surface area contributed by atoms with Crippen molar-refractivity contribution in [3.8, 4) is 11.5 Å². The van der Waals surface area contributed by atoms with Crippen LogP contribution in [0, 0.1) is 27.7 Å². The zero-order chi connectivity index (χ0) is 26.8. The summed E-state index contributed by atoms with van der Waals surface area (Å²) in [5.41, 5.74) is 10.7. The monoisotopic (exact) mass is 499 g/mol. The van der Waals surface area contributed by atoms with Crippen molar-refractivity contribution in [2.24, 2.45) is 0 Å². The van der Waals surface area contributed by atoms with E-state index in [1.54, 1.807) is 12.1 Å². The largest absolute Gasteiger partial charge is 0.508 e. The van der Waals surface area contributed by atoms with E-state index in [1.165, 1.54) is 11.1 Å². The van der Waals surface area contributed by atoms with E-state index in [9.17, 15) is 10.2 Å². The van der Waals surface area contributed by atoms with Gasteiger partial charge in [0.25, 0.3) is 0 Å². The Labute approximate surface area is 225 Å². The predicted octanol–water partition coefficient (Wildman–Crippen LogP) is 8.98. The maximum absolute atomic E-state index is 10.2. The van der Waals surface area contributed by atoms with Crippen molar-refractivity contribution in [1.82, 2.24) is 0 Å². The molecule has 190 valence electrons. The first-order valence-electron chi connectivity index (χ1n) is 12.9. The number of aromatic hydroxyl groups is 2. The zero-order valence-corrected chi connectivity index (χ0v) is 22.3. The number of hydrogen-bond acceptors (Lipinski definition) is 3. The van der Waals surface area contributed by atoms with Crippen LogP contribution >= 0.6 is 0 Å². The highest BCUT2D eigenvalue weighted by atomic mass is 16.3. The van der Waals surface area contributed by atoms with Crippen LogP contribution in [-0.4, -0.2) is 10.2 Å². The molecule has 0 aromatic heterocycles. The van der Waals surface area contributed by atoms with Crippen LogP contribution in [0.3, 0.4) is 0 Å². The van der Waals surface area contributed by atoms with Crippen molar-refractivity contribution in [3.63, 3.8) is 0 Å². The van der Waals surface area contributed by atoms with Gasteiger partial charge in [-0.25, -0.2) is 0 Å². The smallest absolute Gasteiger partial charge is 0.118 e. The van der Waals surface area contributed by atoms with Gasteiger partial charge in [0.15, 0.2) is 0 Å². The third-order valence-electron chi connectivity index (χ3n) is 7.18. The molecule has 5 aromatic rings. The van der Waals surface area contributed by atoms with Gasteiger partial charge in [0.2, 0.25) is 0 Å². The summed E-state index contributed by atoms with van der Waals surface area (Å²) in [6, 6.07) is 37.5. The molecule has 0 heterocycles. The second kappa shape index (κ2) is 10.5. The molecule has 0 aliphatic carbocycles. The fourth-order valence-corrected chi connectivity index (χ4v) is 4.94. The summed E-state index contributed by atoms with van der Waals surface area (Å²) in [5.74, 6) is 0.531. The Morgan fingerprint density at radius 2 is 0.789 bits per heavy atom. The van der Waals surface area contributed by atoms with Crippen molar-refractivity contribution in [2.75, 3.05) is 4.90 Å². The SMILES string of the molecule is Cc1ccc(N(c2ccc(C)cc2)c2ccc(C(c3ccc(O)c(C)c3)c3ccc(O)c(C)c3)cc2)cc1. The third-order valence-corrected chi connectivity index (χ3v) is 7.18. The van der Waals surface area contributed by atoms with Crippen LogP contribution in [0.2, 0.25) is 0 Å². The minimum Gasteiger partial charge on any atom is -0.508 e. The summed E-state index contributed by atoms with van der Waals surface area (Å²) in [5, 5.41) is 20.3. The van der Waals surface area contributed by atoms with Gasteiger partial charge in [0.1, 0.15) is 11.5 Å². The van der Waals surface area contributed by atoms with Crippen molar-refractivity contribution in [3.05, 3.63) is 148 Å². The molecule has 0 amide bonds. The number of phenols is 2. The fraction of sp³-hybridized carbons (Fsp3) is 0.143. The highest BCUT2D eigenvalue weighted by molar-refractivity contribution is 5.77. The quantitative estimate of drug-likeness (QED) is 0.229. The lowest BCUT2D eigenvalue weighted by Gasteiger charge is -2.27. The molecular weight excluding hydrogens is 466 g/mol. The van der Waals surface area contributed by atoms with E-state index in [4.69, 9.17) is 0 Å². The summed E-state index contributed by atoms with van der Waals surface area (Å²) in [4.78, 5) is 2.27. The number of aryl methyl sites for hydroxylation is 4. The summed E-state index contributed by atoms with van der Waals surface area (Å²) in [6.45, 7) is 8.04. The van der Waals surface area contributed by atoms with Crippen LogP contribution in [0.5, 0.6) is 11.5 Å². The second-order valence-electron chi connectivity index (χ2n) is 10.1. The van der Waals surface area contributed by atoms with Gasteiger partial charge in [-0.1, -0.05) is 71.8 Å². The van der Waals surface area contributed by atoms with Crippen LogP contribution in [0.15, 0.2) is 109 Å². The van der Waals surface area contributed by atoms with Crippen molar-refractivity contribution < 1.29 is 10.2 Å². The Balaban J connectivity index is 1.60. The second-order valence-corrected chi connectivity index (χ2v) is 10.1. The number of rotatable bonds is 6. The molecule has 0 atom stereocenters. The molecule has 0 bridgehead atoms. The summed E-state index contributed by atoms with van der Waals surface area (Å²) in [7, 11) is 0. The molecule has 38 heavy (non-hydrogen) atoms. The highest BCUT2D eigenvalue weighted by Crippen LogP contribution is 2.39. The Morgan fingerprint density at radius 1 is 0.447 bits per heavy atom. The molecule has 0 radical (unpaired) electrons. The minimum atomic E-state index is -0.0464. The number of phenolic OH excluding ortho intramolecular Hbond substituents is 2. The van der Waals surface area contributed by atoms with E-state index < -0.39 is 0 Å². The third kappa shape index (κ3) is 5.14. The van der Waals surface area contributed by atoms with E-state index in [0.717, 1.165) is 44.9 Å². The normalized spacial score (nSPS) is 11.1. The summed E-state index contributed by atoms with van der Waals surface area (Å²) >= 11 is 0. The minimum absolute atomic E-state index is 0.0464. The molecule has 0 unspecified atom stereocenters. The lowest BCUT2D eigenvalue weighted by Crippen LogP contribution is -2.10. The molecular formula is C35H33NO2. The molecule has 2 N–H and O–H groups in total. The maximum atomic E-state index is 10.2. The van der Waals surface area contributed by atoms with Crippen molar-refractivity contribution in [2.45, 2.75) is 33.6 Å². The standard InChI is InChI=1S/C35H33NO2/c1-23-5-13-30(14-6-23)36(31-15-7-24(2)8-16-31)32-17-9-27(10-18-32)35(28-11-19-33(37)25(3)21-28)29-12-20-34(38)26(4)22-29/h5-22,35,37-38H,1-4H3. The van der Waals surface area contributed by atoms with E-state index in [0.29, 0.717) is 0 Å². The molecule has 5 aromatic carbocycles. The number of nitrogens with zero attached hydrogens (tertiary/aromatic N) is 1. The summed E-state index contributed by atoms with van der Waals surface area (Å²) in [6.07, 6.45) is 0. The molecule has 0 spiro atoms. The van der Waals surface area contributed by atoms with E-state index in [1.807, 2.05) is 38.1 Å². The number of benzene rings is 5. The average Bonchev–Trinajstić information content (AvgIpc) is 2.91. The molecule has 0 aliphatic rings. The first-order chi connectivity index (χ1) is 18.3. The van der Waals surface area contributed by atoms with Gasteiger partial charge in [-0.3, -0.25) is 0 Å². The molecule has 5 rings (SSSR count). The first-order valence-corrected chi connectivity index (χ1v) is 12.9. The number of hydrogen-bond donors (Lipinski definition) is 2. The van der Waals surface area contributed by atoms with Crippen LogP contribution in [0.4, 0.5) is 17.1 Å². The van der Waals surface area contributed by atoms with E-state index in [-0.39, 0.29) is 17.4 Å². The van der Waals surface area contributed by atoms with Gasteiger partial charge in [-0.05, 0) is 104 Å². The first kappa shape index (κ1) is 25.2. The number of anilines is 3. The topological polar surface area (TPSA) is 43.7 Å². The Morgan fingerprint density at radius 3 is 1.16 bits per heavy atom. The molecule has 3 nitrogen and oxygen atoms in total. The Bertz CT molecular complexity index is 1460. The highest BCUT2D eigenvalue weighted by Gasteiger charge is 2.20. The molecule has 0 fully saturated rings. The zero-order valence-electron chi connectivity index (χ0n) is 22.3. The Kier molecular flexibility index (Phi) is 6.93. The van der Waals surface area contributed by atoms with Gasteiger partial charge >= 0.3 is 0 Å². The van der Waals surface area contributed by atoms with Gasteiger partial charge < -0.3 is 15.1 Å². The molecule has 3 heteroatoms. The van der Waals surface area contributed by atoms with E-state index in [2.05, 4.69) is 91.5 Å². The predicted molar refractivity (Wildman–Crippen MR) is 157 cm³/mol. The van der Waals surface area contributed by atoms with Crippen LogP contribution < -0.4 is 4.90 Å². The maximum Gasteiger partial charge on any atom is 0.118 e. The lowest BCUT2D eigenvalue weighted by molar-refractivity contribution is 0.470. The van der Waals surface area contributed by atoms with Gasteiger partial charge in [0, 0.05) is 23.0 Å².